The summed E-state index contributed by atoms with van der Waals surface area (Å²) in [5, 5.41) is 49.3. The lowest BCUT2D eigenvalue weighted by atomic mass is 9.96. The summed E-state index contributed by atoms with van der Waals surface area (Å²) in [4.78, 5) is 146. The molecule has 1 aromatic heterocycles. The predicted molar refractivity (Wildman–Crippen MR) is 290 cm³/mol. The molecule has 3 heterocycles. The minimum atomic E-state index is -1.82. The Balaban J connectivity index is 1.73. The van der Waals surface area contributed by atoms with Gasteiger partial charge in [-0.3, -0.25) is 47.9 Å². The Labute approximate surface area is 462 Å². The summed E-state index contributed by atoms with van der Waals surface area (Å²) in [6, 6.07) is -6.61. The average molecular weight is 1210 g/mol. The van der Waals surface area contributed by atoms with Crippen LogP contribution in [0.3, 0.4) is 0 Å². The van der Waals surface area contributed by atoms with Crippen LogP contribution in [0, 0.1) is 27.2 Å². The summed E-state index contributed by atoms with van der Waals surface area (Å²) in [6.07, 6.45) is 0.770. The summed E-state index contributed by atoms with van der Waals surface area (Å²) >= 11 is 1.87. The van der Waals surface area contributed by atoms with E-state index in [2.05, 4.69) is 47.2 Å². The molecule has 11 atom stereocenters. The number of carbonyl (C=O) groups excluding carboxylic acids is 9. The first kappa shape index (κ1) is 62.9. The molecule has 0 bridgehead atoms. The van der Waals surface area contributed by atoms with Crippen molar-refractivity contribution in [3.8, 4) is 5.75 Å². The van der Waals surface area contributed by atoms with Crippen LogP contribution in [0.25, 0.3) is 0 Å². The van der Waals surface area contributed by atoms with E-state index in [1.54, 1.807) is 40.7 Å². The smallest absolute Gasteiger partial charge is 0.305 e. The van der Waals surface area contributed by atoms with Gasteiger partial charge in [-0.25, -0.2) is 4.98 Å². The van der Waals surface area contributed by atoms with Gasteiger partial charge in [-0.1, -0.05) is 82.5 Å². The number of carboxylic acids is 1. The monoisotopic (exact) mass is 1210 g/mol. The summed E-state index contributed by atoms with van der Waals surface area (Å²) in [6.45, 7) is 12.1. The van der Waals surface area contributed by atoms with Crippen molar-refractivity contribution in [2.75, 3.05) is 18.1 Å². The second kappa shape index (κ2) is 29.7. The Bertz CT molecular complexity index is 2400. The van der Waals surface area contributed by atoms with E-state index in [0.717, 1.165) is 21.6 Å². The largest absolute Gasteiger partial charge is 0.507 e. The van der Waals surface area contributed by atoms with Gasteiger partial charge in [-0.05, 0) is 70.9 Å². The molecule has 2 unspecified atom stereocenters. The molecule has 0 radical (unpaired) electrons. The number of phenols is 1. The SMILES string of the molecule is CCC(C)[C@H](NC(=O)[C@H](Cc1cnc[nH]1)NC(=O)[C@@H]1CSSC[C@H](C)C(=O)N2CC(O)C[C@H]2C(=O)N[C@@H](Cc2ccc(O)c(I)c2)C(=O)N[C@@H](CC(=O)O)C(=O)N[C@@H](CC(C)C)C(=O)N1)C(=O)N[C@@H](CC(C)C)C(N)=O. The zero-order valence-electron chi connectivity index (χ0n) is 43.6. The Morgan fingerprint density at radius 1 is 0.855 bits per heavy atom. The topological polar surface area (TPSA) is 374 Å². The summed E-state index contributed by atoms with van der Waals surface area (Å²) in [5.41, 5.74) is 6.48. The van der Waals surface area contributed by atoms with Crippen LogP contribution in [-0.2, 0) is 60.8 Å². The highest BCUT2D eigenvalue weighted by Gasteiger charge is 2.42. The first-order valence-corrected chi connectivity index (χ1v) is 28.7. The number of fused-ring (bicyclic) bond motifs is 1. The predicted octanol–water partition coefficient (Wildman–Crippen LogP) is -0.0101. The van der Waals surface area contributed by atoms with Gasteiger partial charge < -0.3 is 68.2 Å². The number of amides is 9. The van der Waals surface area contributed by atoms with E-state index < -0.39 is 132 Å². The maximum absolute atomic E-state index is 14.6. The molecule has 2 aromatic rings. The van der Waals surface area contributed by atoms with Crippen LogP contribution < -0.4 is 43.0 Å². The highest BCUT2D eigenvalue weighted by molar-refractivity contribution is 14.1. The van der Waals surface area contributed by atoms with Crippen molar-refractivity contribution in [1.29, 1.82) is 0 Å². The number of carboxylic acid groups (broad SMARTS) is 1. The second-order valence-electron chi connectivity index (χ2n) is 20.1. The van der Waals surface area contributed by atoms with Gasteiger partial charge in [0.2, 0.25) is 53.2 Å². The van der Waals surface area contributed by atoms with Crippen LogP contribution in [0.15, 0.2) is 30.7 Å². The molecule has 0 saturated carbocycles. The Kier molecular flexibility index (Phi) is 24.6. The number of carbonyl (C=O) groups is 10. The lowest BCUT2D eigenvalue weighted by Gasteiger charge is -2.30. The van der Waals surface area contributed by atoms with E-state index in [0.29, 0.717) is 21.2 Å². The molecular formula is C49H72IN11O13S2. The molecule has 24 nitrogen and oxygen atoms in total. The van der Waals surface area contributed by atoms with E-state index in [-0.39, 0.29) is 67.7 Å². The number of aromatic amines is 1. The third kappa shape index (κ3) is 19.1. The number of hydrogen-bond donors (Lipinski definition) is 12. The summed E-state index contributed by atoms with van der Waals surface area (Å²) in [7, 11) is 2.25. The molecule has 4 rings (SSSR count). The molecule has 0 spiro atoms. The van der Waals surface area contributed by atoms with E-state index in [1.807, 2.05) is 36.4 Å². The molecule has 2 aliphatic heterocycles. The number of nitrogens with two attached hydrogens (primary N) is 1. The number of aliphatic carboxylic acids is 1. The molecule has 76 heavy (non-hydrogen) atoms. The molecule has 2 saturated heterocycles. The van der Waals surface area contributed by atoms with Crippen molar-refractivity contribution < 1.29 is 63.3 Å². The normalized spacial score (nSPS) is 23.9. The number of rotatable bonds is 19. The first-order valence-electron chi connectivity index (χ1n) is 25.1. The Morgan fingerprint density at radius 2 is 1.50 bits per heavy atom. The van der Waals surface area contributed by atoms with Crippen molar-refractivity contribution in [1.82, 2.24) is 52.1 Å². The number of hydrogen-bond acceptors (Lipinski definition) is 15. The number of H-pyrrole nitrogens is 1. The van der Waals surface area contributed by atoms with E-state index in [4.69, 9.17) is 5.73 Å². The van der Waals surface area contributed by atoms with Gasteiger partial charge in [-0.15, -0.1) is 0 Å². The number of nitrogens with one attached hydrogen (secondary N) is 8. The quantitative estimate of drug-likeness (QED) is 0.0650. The third-order valence-corrected chi connectivity index (χ3v) is 16.2. The number of halogens is 1. The molecule has 27 heteroatoms. The van der Waals surface area contributed by atoms with Gasteiger partial charge >= 0.3 is 5.97 Å². The van der Waals surface area contributed by atoms with Crippen molar-refractivity contribution in [2.24, 2.45) is 29.4 Å². The van der Waals surface area contributed by atoms with Crippen molar-refractivity contribution in [3.63, 3.8) is 0 Å². The number of aliphatic hydroxyl groups is 1. The minimum absolute atomic E-state index is 0.0131. The van der Waals surface area contributed by atoms with E-state index in [9.17, 15) is 63.3 Å². The van der Waals surface area contributed by atoms with Gasteiger partial charge in [-0.2, -0.15) is 0 Å². The molecule has 1 aromatic carbocycles. The maximum Gasteiger partial charge on any atom is 0.305 e. The number of aromatic hydroxyl groups is 1. The fraction of sp³-hybridized carbons (Fsp3) is 0.612. The van der Waals surface area contributed by atoms with Gasteiger partial charge in [0.05, 0.1) is 22.4 Å². The lowest BCUT2D eigenvalue weighted by Crippen LogP contribution is -2.61. The molecular weight excluding hydrogens is 1140 g/mol. The number of aliphatic hydroxyl groups excluding tert-OH is 1. The Hall–Kier alpha value is -5.68. The van der Waals surface area contributed by atoms with Crippen LogP contribution in [0.5, 0.6) is 5.75 Å². The minimum Gasteiger partial charge on any atom is -0.507 e. The highest BCUT2D eigenvalue weighted by atomic mass is 127. The molecule has 420 valence electrons. The third-order valence-electron chi connectivity index (χ3n) is 12.8. The number of benzene rings is 1. The fourth-order valence-corrected chi connectivity index (χ4v) is 11.5. The molecule has 0 aliphatic carbocycles. The number of phenolic OH excluding ortho intramolecular Hbond substituents is 1. The number of aromatic nitrogens is 2. The first-order chi connectivity index (χ1) is 35.8. The Morgan fingerprint density at radius 3 is 2.11 bits per heavy atom. The summed E-state index contributed by atoms with van der Waals surface area (Å²) < 4.78 is 0.414. The maximum atomic E-state index is 14.6. The van der Waals surface area contributed by atoms with Gasteiger partial charge in [0.1, 0.15) is 54.1 Å². The summed E-state index contributed by atoms with van der Waals surface area (Å²) in [5.74, 6) is -10.5. The zero-order valence-corrected chi connectivity index (χ0v) is 47.3. The van der Waals surface area contributed by atoms with Crippen LogP contribution in [-0.4, -0.2) is 162 Å². The van der Waals surface area contributed by atoms with E-state index in [1.165, 1.54) is 29.6 Å². The van der Waals surface area contributed by atoms with Crippen molar-refractivity contribution in [3.05, 3.63) is 45.6 Å². The van der Waals surface area contributed by atoms with Crippen LogP contribution in [0.4, 0.5) is 0 Å². The molecule has 2 aliphatic rings. The number of primary amides is 1. The van der Waals surface area contributed by atoms with Crippen LogP contribution >= 0.6 is 44.2 Å². The zero-order chi connectivity index (χ0) is 56.6. The molecule has 2 fully saturated rings. The molecule has 13 N–H and O–H groups in total. The fourth-order valence-electron chi connectivity index (χ4n) is 8.44. The highest BCUT2D eigenvalue weighted by Crippen LogP contribution is 2.29. The van der Waals surface area contributed by atoms with Gasteiger partial charge in [0.25, 0.3) is 0 Å². The standard InChI is InChI=1S/C49H72IN11O13S2/c1-8-25(6)40(48(73)54-31(41(51)66)11-23(2)3)60-45(70)34(15-28-18-52-22-53-28)56-46(71)36-21-76-75-20-26(7)49(74)61-19-29(62)16-37(61)47(72)58-33(14-27-9-10-38(63)30(50)13-27)43(68)57-35(17-39(64)65)44(69)55-32(12-24(4)5)42(67)59-36/h9-10,13,18,22-26,29,31-37,40,62-63H,8,11-12,14-17,19-21H2,1-7H3,(H2,51,66)(H,52,53)(H,54,73)(H,55,69)(H,56,71)(H,57,68)(H,58,72)(H,59,67)(H,60,70)(H,64,65)/t25?,26-,29?,31-,32-,33-,34-,35-,36-,37-,40-/m0/s1. The van der Waals surface area contributed by atoms with Crippen LogP contribution in [0.2, 0.25) is 0 Å². The average Bonchev–Trinajstić information content (AvgIpc) is 4.02. The van der Waals surface area contributed by atoms with Crippen molar-refractivity contribution >= 4 is 103 Å². The van der Waals surface area contributed by atoms with Crippen molar-refractivity contribution in [2.45, 2.75) is 148 Å². The number of nitrogens with zero attached hydrogens (tertiary/aromatic N) is 2. The number of imidazole rings is 1. The molecule has 9 amide bonds. The van der Waals surface area contributed by atoms with Gasteiger partial charge in [0.15, 0.2) is 0 Å². The second-order valence-corrected chi connectivity index (χ2v) is 23.8. The van der Waals surface area contributed by atoms with E-state index >= 15 is 0 Å². The lowest BCUT2D eigenvalue weighted by molar-refractivity contribution is -0.142. The van der Waals surface area contributed by atoms with Crippen LogP contribution in [0.1, 0.15) is 91.8 Å². The van der Waals surface area contributed by atoms with Gasteiger partial charge in [0, 0.05) is 55.1 Å².